The monoisotopic (exact) mass is 306 g/mol. The van der Waals surface area contributed by atoms with Crippen LogP contribution in [-0.4, -0.2) is 22.1 Å². The van der Waals surface area contributed by atoms with Crippen LogP contribution in [0.4, 0.5) is 5.82 Å². The molecule has 0 saturated carbocycles. The molecule has 0 aliphatic carbocycles. The van der Waals surface area contributed by atoms with E-state index in [1.54, 1.807) is 30.5 Å². The maximum atomic E-state index is 12.4. The van der Waals surface area contributed by atoms with Gasteiger partial charge in [-0.25, -0.2) is 13.4 Å². The Morgan fingerprint density at radius 3 is 2.75 bits per heavy atom. The molecule has 0 bridgehead atoms. The highest BCUT2D eigenvalue weighted by atomic mass is 32.2. The highest BCUT2D eigenvalue weighted by Gasteiger charge is 2.19. The number of fused-ring (bicyclic) bond motifs is 1. The minimum Gasteiger partial charge on any atom is -0.263 e. The predicted molar refractivity (Wildman–Crippen MR) is 77.2 cm³/mol. The van der Waals surface area contributed by atoms with Gasteiger partial charge in [0.25, 0.3) is 10.0 Å². The fourth-order valence-electron chi connectivity index (χ4n) is 1.72. The van der Waals surface area contributed by atoms with Crippen LogP contribution in [0.3, 0.4) is 0 Å². The molecule has 102 valence electrons. The Morgan fingerprint density at radius 1 is 1.15 bits per heavy atom. The van der Waals surface area contributed by atoms with Crippen molar-refractivity contribution in [3.8, 4) is 0 Å². The average molecular weight is 306 g/mol. The Labute approximate surface area is 119 Å². The molecule has 1 aromatic carbocycles. The molecule has 0 radical (unpaired) electrons. The molecule has 3 rings (SSSR count). The second-order valence-corrected chi connectivity index (χ2v) is 6.39. The maximum absolute atomic E-state index is 12.4. The lowest BCUT2D eigenvalue weighted by Gasteiger charge is -2.07. The summed E-state index contributed by atoms with van der Waals surface area (Å²) in [5, 5.41) is 0. The first-order valence-electron chi connectivity index (χ1n) is 5.73. The Balaban J connectivity index is 2.03. The van der Waals surface area contributed by atoms with Crippen LogP contribution in [-0.2, 0) is 10.0 Å². The third kappa shape index (κ3) is 2.35. The number of nitrogens with one attached hydrogen (secondary N) is 1. The van der Waals surface area contributed by atoms with Gasteiger partial charge in [0.15, 0.2) is 0 Å². The second-order valence-electron chi connectivity index (χ2n) is 4.21. The molecule has 0 atom stereocenters. The summed E-state index contributed by atoms with van der Waals surface area (Å²) < 4.78 is 35.3. The van der Waals surface area contributed by atoms with Crippen LogP contribution in [0.15, 0.2) is 41.4 Å². The fourth-order valence-corrected chi connectivity index (χ4v) is 3.49. The lowest BCUT2D eigenvalue weighted by Crippen LogP contribution is -2.14. The summed E-state index contributed by atoms with van der Waals surface area (Å²) in [6.45, 7) is 1.88. The SMILES string of the molecule is Cc1ccc(NS(=O)(=O)c2cccc3nsnc23)nc1. The van der Waals surface area contributed by atoms with Gasteiger partial charge in [0.05, 0.1) is 11.7 Å². The summed E-state index contributed by atoms with van der Waals surface area (Å²) in [5.74, 6) is 0.274. The summed E-state index contributed by atoms with van der Waals surface area (Å²) in [4.78, 5) is 4.14. The minimum atomic E-state index is -3.73. The molecule has 0 unspecified atom stereocenters. The molecule has 2 aromatic heterocycles. The summed E-state index contributed by atoms with van der Waals surface area (Å²) >= 11 is 0.984. The number of rotatable bonds is 3. The number of pyridine rings is 1. The van der Waals surface area contributed by atoms with Gasteiger partial charge in [0.1, 0.15) is 21.7 Å². The van der Waals surface area contributed by atoms with Crippen molar-refractivity contribution in [3.63, 3.8) is 0 Å². The first kappa shape index (κ1) is 12.9. The molecule has 8 heteroatoms. The normalized spacial score (nSPS) is 11.7. The number of benzene rings is 1. The van der Waals surface area contributed by atoms with Gasteiger partial charge >= 0.3 is 0 Å². The lowest BCUT2D eigenvalue weighted by molar-refractivity contribution is 0.601. The maximum Gasteiger partial charge on any atom is 0.265 e. The fraction of sp³-hybridized carbons (Fsp3) is 0.0833. The van der Waals surface area contributed by atoms with E-state index >= 15 is 0 Å². The van der Waals surface area contributed by atoms with E-state index in [4.69, 9.17) is 0 Å². The van der Waals surface area contributed by atoms with Crippen LogP contribution >= 0.6 is 11.7 Å². The molecular weight excluding hydrogens is 296 g/mol. The van der Waals surface area contributed by atoms with Gasteiger partial charge < -0.3 is 0 Å². The third-order valence-corrected chi connectivity index (χ3v) is 4.62. The van der Waals surface area contributed by atoms with Gasteiger partial charge in [0, 0.05) is 6.20 Å². The molecule has 0 fully saturated rings. The van der Waals surface area contributed by atoms with Crippen molar-refractivity contribution in [2.24, 2.45) is 0 Å². The zero-order valence-electron chi connectivity index (χ0n) is 10.4. The van der Waals surface area contributed by atoms with Gasteiger partial charge in [-0.2, -0.15) is 8.75 Å². The molecule has 0 saturated heterocycles. The number of hydrogen-bond acceptors (Lipinski definition) is 6. The predicted octanol–water partition coefficient (Wildman–Crippen LogP) is 2.20. The van der Waals surface area contributed by atoms with Gasteiger partial charge in [-0.05, 0) is 30.7 Å². The van der Waals surface area contributed by atoms with E-state index in [0.29, 0.717) is 11.0 Å². The number of aromatic nitrogens is 3. The Bertz CT molecular complexity index is 857. The highest BCUT2D eigenvalue weighted by molar-refractivity contribution is 7.93. The van der Waals surface area contributed by atoms with E-state index in [-0.39, 0.29) is 10.7 Å². The van der Waals surface area contributed by atoms with Crippen LogP contribution in [0.2, 0.25) is 0 Å². The lowest BCUT2D eigenvalue weighted by atomic mass is 10.3. The Morgan fingerprint density at radius 2 is 2.00 bits per heavy atom. The molecule has 6 nitrogen and oxygen atoms in total. The molecule has 0 aliphatic rings. The van der Waals surface area contributed by atoms with E-state index in [1.165, 1.54) is 6.07 Å². The first-order chi connectivity index (χ1) is 9.56. The van der Waals surface area contributed by atoms with E-state index in [9.17, 15) is 8.42 Å². The summed E-state index contributed by atoms with van der Waals surface area (Å²) in [6, 6.07) is 8.27. The topological polar surface area (TPSA) is 84.8 Å². The van der Waals surface area contributed by atoms with Crippen LogP contribution in [0.1, 0.15) is 5.56 Å². The van der Waals surface area contributed by atoms with Crippen molar-refractivity contribution in [1.82, 2.24) is 13.7 Å². The molecule has 1 N–H and O–H groups in total. The first-order valence-corrected chi connectivity index (χ1v) is 7.94. The van der Waals surface area contributed by atoms with Crippen LogP contribution in [0, 0.1) is 6.92 Å². The quantitative estimate of drug-likeness (QED) is 0.802. The van der Waals surface area contributed by atoms with Crippen molar-refractivity contribution in [1.29, 1.82) is 0 Å². The zero-order chi connectivity index (χ0) is 14.2. The van der Waals surface area contributed by atoms with Crippen LogP contribution < -0.4 is 4.72 Å². The van der Waals surface area contributed by atoms with Gasteiger partial charge in [-0.15, -0.1) is 0 Å². The van der Waals surface area contributed by atoms with Crippen molar-refractivity contribution in [2.75, 3.05) is 4.72 Å². The smallest absolute Gasteiger partial charge is 0.263 e. The van der Waals surface area contributed by atoms with E-state index in [0.717, 1.165) is 17.3 Å². The molecule has 0 amide bonds. The summed E-state index contributed by atoms with van der Waals surface area (Å²) in [6.07, 6.45) is 1.60. The average Bonchev–Trinajstić information content (AvgIpc) is 2.89. The number of nitrogens with zero attached hydrogens (tertiary/aromatic N) is 3. The standard InChI is InChI=1S/C12H10N4O2S2/c1-8-5-6-11(13-7-8)16-20(17,18)10-4-2-3-9-12(10)15-19-14-9/h2-7H,1H3,(H,13,16). The van der Waals surface area contributed by atoms with Gasteiger partial charge in [-0.3, -0.25) is 4.72 Å². The number of hydrogen-bond donors (Lipinski definition) is 1. The van der Waals surface area contributed by atoms with Crippen molar-refractivity contribution in [3.05, 3.63) is 42.1 Å². The van der Waals surface area contributed by atoms with E-state index in [2.05, 4.69) is 18.5 Å². The van der Waals surface area contributed by atoms with E-state index in [1.807, 2.05) is 6.92 Å². The third-order valence-electron chi connectivity index (χ3n) is 2.69. The highest BCUT2D eigenvalue weighted by Crippen LogP contribution is 2.22. The molecular formula is C12H10N4O2S2. The van der Waals surface area contributed by atoms with Crippen LogP contribution in [0.5, 0.6) is 0 Å². The van der Waals surface area contributed by atoms with Crippen molar-refractivity contribution in [2.45, 2.75) is 11.8 Å². The minimum absolute atomic E-state index is 0.103. The molecule has 0 spiro atoms. The van der Waals surface area contributed by atoms with Crippen molar-refractivity contribution >= 4 is 38.6 Å². The number of anilines is 1. The van der Waals surface area contributed by atoms with Crippen LogP contribution in [0.25, 0.3) is 11.0 Å². The zero-order valence-corrected chi connectivity index (χ0v) is 12.1. The Kier molecular flexibility index (Phi) is 3.11. The van der Waals surface area contributed by atoms with Crippen molar-refractivity contribution < 1.29 is 8.42 Å². The Hall–Kier alpha value is -2.06. The van der Waals surface area contributed by atoms with Gasteiger partial charge in [-0.1, -0.05) is 12.1 Å². The number of sulfonamides is 1. The second kappa shape index (κ2) is 4.80. The largest absolute Gasteiger partial charge is 0.265 e. The molecule has 3 aromatic rings. The molecule has 20 heavy (non-hydrogen) atoms. The van der Waals surface area contributed by atoms with E-state index < -0.39 is 10.0 Å². The molecule has 2 heterocycles. The number of aryl methyl sites for hydroxylation is 1. The summed E-state index contributed by atoms with van der Waals surface area (Å²) in [5.41, 5.74) is 1.89. The molecule has 0 aliphatic heterocycles. The summed E-state index contributed by atoms with van der Waals surface area (Å²) in [7, 11) is -3.73. The van der Waals surface area contributed by atoms with Gasteiger partial charge in [0.2, 0.25) is 0 Å².